The molecule has 1 aromatic rings. The molecule has 0 bridgehead atoms. The minimum atomic E-state index is -0.310. The summed E-state index contributed by atoms with van der Waals surface area (Å²) in [5.74, 6) is 1.33. The smallest absolute Gasteiger partial charge is 0.409 e. The van der Waals surface area contributed by atoms with Gasteiger partial charge in [-0.3, -0.25) is 4.79 Å². The molecule has 6 heteroatoms. The Labute approximate surface area is 118 Å². The number of carbonyl (C=O) groups excluding carboxylic acids is 2. The van der Waals surface area contributed by atoms with Gasteiger partial charge in [-0.05, 0) is 26.8 Å². The molecule has 2 amide bonds. The molecule has 20 heavy (non-hydrogen) atoms. The number of ether oxygens (including phenoxy) is 1. The van der Waals surface area contributed by atoms with Crippen molar-refractivity contribution in [3.63, 3.8) is 0 Å². The monoisotopic (exact) mass is 280 g/mol. The zero-order chi connectivity index (χ0) is 14.7. The summed E-state index contributed by atoms with van der Waals surface area (Å²) in [4.78, 5) is 27.3. The molecule has 1 aliphatic heterocycles. The summed E-state index contributed by atoms with van der Waals surface area (Å²) in [7, 11) is 0. The third-order valence-corrected chi connectivity index (χ3v) is 3.36. The number of nitrogens with zero attached hydrogens (tertiary/aromatic N) is 2. The van der Waals surface area contributed by atoms with E-state index in [1.807, 2.05) is 6.92 Å². The number of piperazine rings is 1. The molecule has 0 spiro atoms. The fourth-order valence-electron chi connectivity index (χ4n) is 2.32. The van der Waals surface area contributed by atoms with Crippen molar-refractivity contribution in [2.45, 2.75) is 20.8 Å². The molecule has 1 saturated heterocycles. The predicted molar refractivity (Wildman–Crippen MR) is 72.7 cm³/mol. The third-order valence-electron chi connectivity index (χ3n) is 3.36. The SMILES string of the molecule is CCOC(=O)N1CCN(C(=O)c2cc(C)oc2C)CC1. The zero-order valence-electron chi connectivity index (χ0n) is 12.1. The predicted octanol–water partition coefficient (Wildman–Crippen LogP) is 1.81. The van der Waals surface area contributed by atoms with Gasteiger partial charge in [-0.25, -0.2) is 4.79 Å². The number of carbonyl (C=O) groups is 2. The van der Waals surface area contributed by atoms with Crippen LogP contribution in [0.1, 0.15) is 28.8 Å². The lowest BCUT2D eigenvalue weighted by Gasteiger charge is -2.33. The highest BCUT2D eigenvalue weighted by atomic mass is 16.6. The molecule has 0 atom stereocenters. The number of furan rings is 1. The van der Waals surface area contributed by atoms with Crippen molar-refractivity contribution in [1.29, 1.82) is 0 Å². The minimum Gasteiger partial charge on any atom is -0.466 e. The second-order valence-electron chi connectivity index (χ2n) is 4.81. The molecule has 0 aliphatic carbocycles. The molecular weight excluding hydrogens is 260 g/mol. The van der Waals surface area contributed by atoms with Gasteiger partial charge < -0.3 is 19.0 Å². The van der Waals surface area contributed by atoms with Crippen molar-refractivity contribution in [2.24, 2.45) is 0 Å². The van der Waals surface area contributed by atoms with Gasteiger partial charge in [0.05, 0.1) is 12.2 Å². The van der Waals surface area contributed by atoms with Gasteiger partial charge in [0.25, 0.3) is 5.91 Å². The number of amides is 2. The molecular formula is C14H20N2O4. The Bertz CT molecular complexity index is 501. The van der Waals surface area contributed by atoms with Crippen LogP contribution in [0.15, 0.2) is 10.5 Å². The van der Waals surface area contributed by atoms with Gasteiger partial charge >= 0.3 is 6.09 Å². The van der Waals surface area contributed by atoms with E-state index in [9.17, 15) is 9.59 Å². The number of aryl methyl sites for hydroxylation is 2. The minimum absolute atomic E-state index is 0.0390. The van der Waals surface area contributed by atoms with Crippen LogP contribution in [-0.4, -0.2) is 54.6 Å². The molecule has 1 aromatic heterocycles. The average molecular weight is 280 g/mol. The first kappa shape index (κ1) is 14.4. The van der Waals surface area contributed by atoms with Crippen LogP contribution in [0, 0.1) is 13.8 Å². The van der Waals surface area contributed by atoms with Gasteiger partial charge in [-0.15, -0.1) is 0 Å². The van der Waals surface area contributed by atoms with Crippen LogP contribution in [-0.2, 0) is 4.74 Å². The maximum atomic E-state index is 12.4. The molecule has 0 saturated carbocycles. The lowest BCUT2D eigenvalue weighted by Crippen LogP contribution is -2.50. The first-order valence-corrected chi connectivity index (χ1v) is 6.81. The normalized spacial score (nSPS) is 15.3. The van der Waals surface area contributed by atoms with Crippen molar-refractivity contribution >= 4 is 12.0 Å². The van der Waals surface area contributed by atoms with Crippen molar-refractivity contribution in [1.82, 2.24) is 9.80 Å². The third kappa shape index (κ3) is 2.95. The van der Waals surface area contributed by atoms with Crippen LogP contribution in [0.3, 0.4) is 0 Å². The summed E-state index contributed by atoms with van der Waals surface area (Å²) in [5.41, 5.74) is 0.604. The van der Waals surface area contributed by atoms with Gasteiger partial charge in [-0.2, -0.15) is 0 Å². The van der Waals surface area contributed by atoms with Crippen LogP contribution in [0.25, 0.3) is 0 Å². The van der Waals surface area contributed by atoms with E-state index in [1.165, 1.54) is 0 Å². The molecule has 0 unspecified atom stereocenters. The quantitative estimate of drug-likeness (QED) is 0.829. The first-order valence-electron chi connectivity index (χ1n) is 6.81. The highest BCUT2D eigenvalue weighted by Crippen LogP contribution is 2.17. The summed E-state index contributed by atoms with van der Waals surface area (Å²) >= 11 is 0. The Kier molecular flexibility index (Phi) is 4.32. The topological polar surface area (TPSA) is 63.0 Å². The van der Waals surface area contributed by atoms with Crippen LogP contribution < -0.4 is 0 Å². The lowest BCUT2D eigenvalue weighted by molar-refractivity contribution is 0.0569. The highest BCUT2D eigenvalue weighted by molar-refractivity contribution is 5.95. The standard InChI is InChI=1S/C14H20N2O4/c1-4-19-14(18)16-7-5-15(6-8-16)13(17)12-9-10(2)20-11(12)3/h9H,4-8H2,1-3H3. The summed E-state index contributed by atoms with van der Waals surface area (Å²) in [6, 6.07) is 1.76. The second-order valence-corrected chi connectivity index (χ2v) is 4.81. The van der Waals surface area contributed by atoms with Crippen molar-refractivity contribution < 1.29 is 18.7 Å². The molecule has 1 aliphatic rings. The fraction of sp³-hybridized carbons (Fsp3) is 0.571. The van der Waals surface area contributed by atoms with Crippen LogP contribution in [0.5, 0.6) is 0 Å². The van der Waals surface area contributed by atoms with Crippen molar-refractivity contribution in [2.75, 3.05) is 32.8 Å². The number of rotatable bonds is 2. The lowest BCUT2D eigenvalue weighted by atomic mass is 10.2. The van der Waals surface area contributed by atoms with Gasteiger partial charge in [-0.1, -0.05) is 0 Å². The summed E-state index contributed by atoms with van der Waals surface area (Å²) in [5, 5.41) is 0. The fourth-order valence-corrected chi connectivity index (χ4v) is 2.32. The van der Waals surface area contributed by atoms with E-state index < -0.39 is 0 Å². The van der Waals surface area contributed by atoms with Gasteiger partial charge in [0.2, 0.25) is 0 Å². The van der Waals surface area contributed by atoms with Crippen LogP contribution in [0.4, 0.5) is 4.79 Å². The number of hydrogen-bond donors (Lipinski definition) is 0. The summed E-state index contributed by atoms with van der Waals surface area (Å²) in [6.45, 7) is 7.79. The molecule has 110 valence electrons. The van der Waals surface area contributed by atoms with E-state index >= 15 is 0 Å². The molecule has 1 fully saturated rings. The Balaban J connectivity index is 1.95. The Hall–Kier alpha value is -1.98. The van der Waals surface area contributed by atoms with Gasteiger partial charge in [0.15, 0.2) is 0 Å². The highest BCUT2D eigenvalue weighted by Gasteiger charge is 2.27. The summed E-state index contributed by atoms with van der Waals surface area (Å²) < 4.78 is 10.3. The molecule has 0 aromatic carbocycles. The van der Waals surface area contributed by atoms with Crippen LogP contribution in [0.2, 0.25) is 0 Å². The summed E-state index contributed by atoms with van der Waals surface area (Å²) in [6.07, 6.45) is -0.310. The molecule has 0 radical (unpaired) electrons. The molecule has 0 N–H and O–H groups in total. The van der Waals surface area contributed by atoms with E-state index in [2.05, 4.69) is 0 Å². The van der Waals surface area contributed by atoms with Gasteiger partial charge in [0.1, 0.15) is 11.5 Å². The zero-order valence-corrected chi connectivity index (χ0v) is 12.1. The number of hydrogen-bond acceptors (Lipinski definition) is 4. The maximum Gasteiger partial charge on any atom is 0.409 e. The van der Waals surface area contributed by atoms with E-state index in [-0.39, 0.29) is 12.0 Å². The Morgan fingerprint density at radius 1 is 1.20 bits per heavy atom. The van der Waals surface area contributed by atoms with E-state index in [1.54, 1.807) is 29.7 Å². The Morgan fingerprint density at radius 3 is 2.30 bits per heavy atom. The largest absolute Gasteiger partial charge is 0.466 e. The first-order chi connectivity index (χ1) is 9.52. The van der Waals surface area contributed by atoms with Crippen molar-refractivity contribution in [3.05, 3.63) is 23.2 Å². The van der Waals surface area contributed by atoms with Crippen LogP contribution >= 0.6 is 0 Å². The van der Waals surface area contributed by atoms with E-state index in [0.717, 1.165) is 5.76 Å². The second kappa shape index (κ2) is 5.98. The van der Waals surface area contributed by atoms with E-state index in [4.69, 9.17) is 9.15 Å². The average Bonchev–Trinajstić information content (AvgIpc) is 2.77. The molecule has 2 rings (SSSR count). The van der Waals surface area contributed by atoms with Gasteiger partial charge in [0, 0.05) is 26.2 Å². The maximum absolute atomic E-state index is 12.4. The molecule has 2 heterocycles. The Morgan fingerprint density at radius 2 is 1.80 bits per heavy atom. The molecule has 6 nitrogen and oxygen atoms in total. The van der Waals surface area contributed by atoms with Crippen molar-refractivity contribution in [3.8, 4) is 0 Å². The van der Waals surface area contributed by atoms with E-state index in [0.29, 0.717) is 44.1 Å².